The Morgan fingerprint density at radius 2 is 2.12 bits per heavy atom. The Bertz CT molecular complexity index is 539. The highest BCUT2D eigenvalue weighted by Crippen LogP contribution is 2.22. The molecule has 0 bridgehead atoms. The highest BCUT2D eigenvalue weighted by molar-refractivity contribution is 6.30. The van der Waals surface area contributed by atoms with Gasteiger partial charge in [0, 0.05) is 12.6 Å². The number of nitrogens with zero attached hydrogens (tertiary/aromatic N) is 1. The number of likely N-dealkylation sites (tertiary alicyclic amines) is 1. The molecule has 0 N–H and O–H groups in total. The van der Waals surface area contributed by atoms with Crippen molar-refractivity contribution in [3.63, 3.8) is 0 Å². The van der Waals surface area contributed by atoms with Crippen LogP contribution in [0.15, 0.2) is 23.8 Å². The fourth-order valence-electron chi connectivity index (χ4n) is 1.60. The van der Waals surface area contributed by atoms with E-state index in [1.54, 1.807) is 6.08 Å². The van der Waals surface area contributed by atoms with E-state index in [1.807, 2.05) is 0 Å². The second-order valence-corrected chi connectivity index (χ2v) is 4.19. The first kappa shape index (κ1) is 11.8. The van der Waals surface area contributed by atoms with Crippen molar-refractivity contribution in [2.24, 2.45) is 0 Å². The largest absolute Gasteiger partial charge is 0.282 e. The monoisotopic (exact) mass is 253 g/mol. The van der Waals surface area contributed by atoms with Crippen LogP contribution in [0.25, 0.3) is 6.08 Å². The van der Waals surface area contributed by atoms with Crippen molar-refractivity contribution in [2.75, 3.05) is 7.05 Å². The van der Waals surface area contributed by atoms with E-state index >= 15 is 0 Å². The molecule has 1 aliphatic heterocycles. The van der Waals surface area contributed by atoms with Crippen molar-refractivity contribution >= 4 is 29.5 Å². The summed E-state index contributed by atoms with van der Waals surface area (Å²) in [7, 11) is 1.43. The summed E-state index contributed by atoms with van der Waals surface area (Å²) in [6.45, 7) is 0. The Balaban J connectivity index is 2.34. The van der Waals surface area contributed by atoms with Gasteiger partial charge in [0.15, 0.2) is 0 Å². The van der Waals surface area contributed by atoms with E-state index < -0.39 is 5.82 Å². The lowest BCUT2D eigenvalue weighted by Crippen LogP contribution is -2.23. The zero-order valence-electron chi connectivity index (χ0n) is 9.04. The summed E-state index contributed by atoms with van der Waals surface area (Å²) in [5, 5.41) is -0.00974. The fourth-order valence-corrected chi connectivity index (χ4v) is 1.79. The Kier molecular flexibility index (Phi) is 2.98. The SMILES string of the molecule is CN1C(=O)C/C(=C\c2ccc(F)c(Cl)c2)C1=O. The van der Waals surface area contributed by atoms with Crippen LogP contribution in [-0.2, 0) is 9.59 Å². The van der Waals surface area contributed by atoms with E-state index in [1.165, 1.54) is 25.2 Å². The Labute approximate surface area is 102 Å². The van der Waals surface area contributed by atoms with E-state index in [0.29, 0.717) is 11.1 Å². The molecule has 1 aromatic carbocycles. The summed E-state index contributed by atoms with van der Waals surface area (Å²) in [5.41, 5.74) is 0.989. The van der Waals surface area contributed by atoms with Crippen LogP contribution in [0.1, 0.15) is 12.0 Å². The van der Waals surface area contributed by atoms with Gasteiger partial charge in [0.25, 0.3) is 5.91 Å². The van der Waals surface area contributed by atoms with Gasteiger partial charge in [-0.25, -0.2) is 4.39 Å². The number of likely N-dealkylation sites (N-methyl/N-ethyl adjacent to an activating group) is 1. The molecule has 0 aliphatic carbocycles. The van der Waals surface area contributed by atoms with Crippen LogP contribution in [0.3, 0.4) is 0 Å². The first-order chi connectivity index (χ1) is 7.99. The normalized spacial score (nSPS) is 18.3. The van der Waals surface area contributed by atoms with E-state index in [0.717, 1.165) is 4.90 Å². The molecule has 0 unspecified atom stereocenters. The lowest BCUT2D eigenvalue weighted by atomic mass is 10.1. The molecule has 0 radical (unpaired) electrons. The van der Waals surface area contributed by atoms with Crippen LogP contribution in [0.4, 0.5) is 4.39 Å². The summed E-state index contributed by atoms with van der Waals surface area (Å²) in [6.07, 6.45) is 1.62. The van der Waals surface area contributed by atoms with Gasteiger partial charge < -0.3 is 0 Å². The molecule has 1 heterocycles. The van der Waals surface area contributed by atoms with Crippen molar-refractivity contribution in [3.8, 4) is 0 Å². The standard InChI is InChI=1S/C12H9ClFNO2/c1-15-11(16)6-8(12(15)17)4-7-2-3-10(14)9(13)5-7/h2-5H,6H2,1H3/b8-4+. The van der Waals surface area contributed by atoms with Gasteiger partial charge in [-0.2, -0.15) is 0 Å². The van der Waals surface area contributed by atoms with E-state index in [2.05, 4.69) is 0 Å². The van der Waals surface area contributed by atoms with Crippen LogP contribution in [0.2, 0.25) is 5.02 Å². The minimum Gasteiger partial charge on any atom is -0.282 e. The van der Waals surface area contributed by atoms with E-state index in [-0.39, 0.29) is 23.3 Å². The maximum absolute atomic E-state index is 12.9. The van der Waals surface area contributed by atoms with E-state index in [4.69, 9.17) is 11.6 Å². The third-order valence-electron chi connectivity index (χ3n) is 2.58. The van der Waals surface area contributed by atoms with Gasteiger partial charge in [-0.15, -0.1) is 0 Å². The lowest BCUT2D eigenvalue weighted by Gasteiger charge is -2.02. The number of carbonyl (C=O) groups excluding carboxylic acids is 2. The fraction of sp³-hybridized carbons (Fsp3) is 0.167. The average molecular weight is 254 g/mol. The van der Waals surface area contributed by atoms with Gasteiger partial charge in [-0.3, -0.25) is 14.5 Å². The van der Waals surface area contributed by atoms with Gasteiger partial charge in [0.2, 0.25) is 5.91 Å². The molecule has 2 amide bonds. The van der Waals surface area contributed by atoms with Crippen LogP contribution in [0.5, 0.6) is 0 Å². The molecule has 0 saturated carbocycles. The zero-order valence-corrected chi connectivity index (χ0v) is 9.79. The Morgan fingerprint density at radius 1 is 1.41 bits per heavy atom. The third-order valence-corrected chi connectivity index (χ3v) is 2.87. The molecule has 5 heteroatoms. The number of benzene rings is 1. The highest BCUT2D eigenvalue weighted by atomic mass is 35.5. The third kappa shape index (κ3) is 2.22. The maximum atomic E-state index is 12.9. The minimum absolute atomic E-state index is 0.00974. The van der Waals surface area contributed by atoms with E-state index in [9.17, 15) is 14.0 Å². The maximum Gasteiger partial charge on any atom is 0.256 e. The smallest absolute Gasteiger partial charge is 0.256 e. The number of carbonyl (C=O) groups is 2. The molecule has 1 fully saturated rings. The number of rotatable bonds is 1. The predicted octanol–water partition coefficient (Wildman–Crippen LogP) is 2.25. The first-order valence-electron chi connectivity index (χ1n) is 4.95. The molecule has 0 atom stereocenters. The summed E-state index contributed by atoms with van der Waals surface area (Å²) >= 11 is 5.63. The summed E-state index contributed by atoms with van der Waals surface area (Å²) < 4.78 is 12.9. The van der Waals surface area contributed by atoms with Gasteiger partial charge in [-0.1, -0.05) is 17.7 Å². The summed E-state index contributed by atoms with van der Waals surface area (Å²) in [5.74, 6) is -1.08. The molecule has 1 aliphatic rings. The van der Waals surface area contributed by atoms with Crippen molar-refractivity contribution in [1.82, 2.24) is 4.90 Å². The summed E-state index contributed by atoms with van der Waals surface area (Å²) in [4.78, 5) is 24.0. The first-order valence-corrected chi connectivity index (χ1v) is 5.33. The molecular formula is C12H9ClFNO2. The second kappa shape index (κ2) is 4.30. The van der Waals surface area contributed by atoms with Crippen molar-refractivity contribution in [1.29, 1.82) is 0 Å². The molecule has 0 spiro atoms. The van der Waals surface area contributed by atoms with Crippen LogP contribution < -0.4 is 0 Å². The molecule has 2 rings (SSSR count). The number of imide groups is 1. The zero-order chi connectivity index (χ0) is 12.6. The average Bonchev–Trinajstić information content (AvgIpc) is 2.52. The second-order valence-electron chi connectivity index (χ2n) is 3.78. The van der Waals surface area contributed by atoms with Crippen LogP contribution in [-0.4, -0.2) is 23.8 Å². The number of amides is 2. The van der Waals surface area contributed by atoms with Gasteiger partial charge in [0.1, 0.15) is 5.82 Å². The van der Waals surface area contributed by atoms with Crippen molar-refractivity contribution < 1.29 is 14.0 Å². The molecule has 0 aromatic heterocycles. The Hall–Kier alpha value is -1.68. The lowest BCUT2D eigenvalue weighted by molar-refractivity contribution is -0.135. The van der Waals surface area contributed by atoms with Gasteiger partial charge >= 0.3 is 0 Å². The number of halogens is 2. The van der Waals surface area contributed by atoms with Crippen LogP contribution >= 0.6 is 11.6 Å². The molecule has 88 valence electrons. The minimum atomic E-state index is -0.514. The number of hydrogen-bond acceptors (Lipinski definition) is 2. The van der Waals surface area contributed by atoms with Gasteiger partial charge in [0.05, 0.1) is 11.4 Å². The number of hydrogen-bond donors (Lipinski definition) is 0. The highest BCUT2D eigenvalue weighted by Gasteiger charge is 2.30. The van der Waals surface area contributed by atoms with Crippen molar-refractivity contribution in [3.05, 3.63) is 40.2 Å². The topological polar surface area (TPSA) is 37.4 Å². The van der Waals surface area contributed by atoms with Gasteiger partial charge in [-0.05, 0) is 23.8 Å². The predicted molar refractivity (Wildman–Crippen MR) is 61.8 cm³/mol. The summed E-state index contributed by atoms with van der Waals surface area (Å²) in [6, 6.07) is 4.14. The molecule has 17 heavy (non-hydrogen) atoms. The van der Waals surface area contributed by atoms with Crippen molar-refractivity contribution in [2.45, 2.75) is 6.42 Å². The Morgan fingerprint density at radius 3 is 2.65 bits per heavy atom. The molecule has 1 saturated heterocycles. The quantitative estimate of drug-likeness (QED) is 0.569. The molecule has 1 aromatic rings. The van der Waals surface area contributed by atoms with Crippen LogP contribution in [0, 0.1) is 5.82 Å². The molecule has 3 nitrogen and oxygen atoms in total. The molecular weight excluding hydrogens is 245 g/mol.